The van der Waals surface area contributed by atoms with Crippen molar-refractivity contribution in [2.45, 2.75) is 35.9 Å². The summed E-state index contributed by atoms with van der Waals surface area (Å²) in [5.74, 6) is -2.42. The van der Waals surface area contributed by atoms with Crippen LogP contribution in [0.2, 0.25) is 0 Å². The van der Waals surface area contributed by atoms with E-state index >= 15 is 0 Å². The Balaban J connectivity index is 1.54. The maximum atomic E-state index is 14.7. The molecule has 4 aliphatic rings. The third kappa shape index (κ3) is 3.57. The molecule has 2 amide bonds. The van der Waals surface area contributed by atoms with Gasteiger partial charge in [0, 0.05) is 17.5 Å². The summed E-state index contributed by atoms with van der Waals surface area (Å²) in [6.45, 7) is 4.13. The average molecular weight is 531 g/mol. The minimum absolute atomic E-state index is 0.172. The molecule has 2 aromatic rings. The van der Waals surface area contributed by atoms with Crippen LogP contribution in [0.25, 0.3) is 0 Å². The molecule has 0 radical (unpaired) electrons. The van der Waals surface area contributed by atoms with Gasteiger partial charge in [-0.2, -0.15) is 0 Å². The second-order valence-electron chi connectivity index (χ2n) is 10.3. The Labute approximate surface area is 226 Å². The number of benzene rings is 2. The number of hydrogen-bond acceptors (Lipinski definition) is 6. The molecule has 4 aliphatic heterocycles. The van der Waals surface area contributed by atoms with Crippen LogP contribution in [0.4, 0.5) is 5.69 Å². The van der Waals surface area contributed by atoms with Crippen molar-refractivity contribution in [2.24, 2.45) is 11.8 Å². The fraction of sp³-hybridized carbons (Fsp3) is 0.367. The molecule has 0 aromatic heterocycles. The summed E-state index contributed by atoms with van der Waals surface area (Å²) in [6.07, 6.45) is 7.69. The van der Waals surface area contributed by atoms with Gasteiger partial charge in [0.25, 0.3) is 5.91 Å². The van der Waals surface area contributed by atoms with E-state index in [4.69, 9.17) is 4.74 Å². The molecule has 1 N–H and O–H groups in total. The predicted molar refractivity (Wildman–Crippen MR) is 146 cm³/mol. The molecular formula is C30H30N2O5S. The lowest BCUT2D eigenvalue weighted by Crippen LogP contribution is -2.54. The van der Waals surface area contributed by atoms with Gasteiger partial charge in [-0.1, -0.05) is 72.8 Å². The first kappa shape index (κ1) is 24.9. The van der Waals surface area contributed by atoms with Crippen molar-refractivity contribution in [3.05, 3.63) is 89.5 Å². The quantitative estimate of drug-likeness (QED) is 0.482. The molecule has 1 unspecified atom stereocenters. The van der Waals surface area contributed by atoms with Crippen LogP contribution in [0.5, 0.6) is 0 Å². The van der Waals surface area contributed by atoms with Crippen LogP contribution in [0, 0.1) is 25.7 Å². The van der Waals surface area contributed by atoms with Crippen molar-refractivity contribution in [3.63, 3.8) is 0 Å². The van der Waals surface area contributed by atoms with Crippen LogP contribution in [-0.2, 0) is 19.1 Å². The number of rotatable bonds is 4. The number of ether oxygens (including phenoxy) is 1. The number of carbonyl (C=O) groups excluding carboxylic acids is 3. The Bertz CT molecular complexity index is 1340. The van der Waals surface area contributed by atoms with Crippen LogP contribution in [0.3, 0.4) is 0 Å². The standard InChI is InChI=1S/C30H30N2O5S/c1-18-9-6-10-19(2)25(18)31-15-8-14-30-24(23-22(38-30)13-7-16-37-29(23)36)27(34)32(26(30)28(31)35)21(17-33)20-11-4-3-5-12-20/h3-14,21-24,26,33H,15-17H2,1-2H3/t21-,22+,23-,24+,26?,30+/m1/s1. The number of aryl methyl sites for hydroxylation is 2. The molecule has 0 aliphatic carbocycles. The molecule has 196 valence electrons. The van der Waals surface area contributed by atoms with E-state index in [9.17, 15) is 19.5 Å². The highest BCUT2D eigenvalue weighted by molar-refractivity contribution is 8.02. The molecule has 38 heavy (non-hydrogen) atoms. The van der Waals surface area contributed by atoms with Crippen molar-refractivity contribution in [2.75, 3.05) is 24.7 Å². The molecule has 6 atom stereocenters. The second-order valence-corrected chi connectivity index (χ2v) is 11.8. The number of esters is 1. The van der Waals surface area contributed by atoms with Gasteiger partial charge in [0.1, 0.15) is 12.6 Å². The van der Waals surface area contributed by atoms with Gasteiger partial charge in [0.05, 0.1) is 29.2 Å². The first-order chi connectivity index (χ1) is 18.4. The molecule has 1 spiro atoms. The van der Waals surface area contributed by atoms with Gasteiger partial charge < -0.3 is 19.6 Å². The molecule has 0 bridgehead atoms. The van der Waals surface area contributed by atoms with Crippen LogP contribution in [-0.4, -0.2) is 63.6 Å². The maximum absolute atomic E-state index is 14.7. The maximum Gasteiger partial charge on any atom is 0.311 e. The molecule has 2 saturated heterocycles. The fourth-order valence-electron chi connectivity index (χ4n) is 6.71. The minimum Gasteiger partial charge on any atom is -0.461 e. The smallest absolute Gasteiger partial charge is 0.311 e. The number of aliphatic hydroxyl groups excluding tert-OH is 1. The Morgan fingerprint density at radius 1 is 1.03 bits per heavy atom. The predicted octanol–water partition coefficient (Wildman–Crippen LogP) is 3.35. The SMILES string of the molecule is Cc1cccc(C)c1N1CC=C[C@]23S[C@H]4C=CCOC(=O)[C@H]4[C@H]2C(=O)N([C@H](CO)c2ccccc2)C3C1=O. The number of likely N-dealkylation sites (tertiary alicyclic amines) is 1. The summed E-state index contributed by atoms with van der Waals surface area (Å²) in [7, 11) is 0. The number of thioether (sulfide) groups is 1. The van der Waals surface area contributed by atoms with Crippen LogP contribution < -0.4 is 4.90 Å². The second kappa shape index (κ2) is 9.43. The fourth-order valence-corrected chi connectivity index (χ4v) is 8.69. The third-order valence-electron chi connectivity index (χ3n) is 8.25. The van der Waals surface area contributed by atoms with E-state index in [1.165, 1.54) is 11.8 Å². The number of carbonyl (C=O) groups is 3. The van der Waals surface area contributed by atoms with Crippen molar-refractivity contribution in [1.82, 2.24) is 4.90 Å². The number of fused-ring (bicyclic) bond motifs is 2. The van der Waals surface area contributed by atoms with Gasteiger partial charge in [0.2, 0.25) is 5.91 Å². The first-order valence-electron chi connectivity index (χ1n) is 12.9. The van der Waals surface area contributed by atoms with E-state index in [0.717, 1.165) is 22.4 Å². The van der Waals surface area contributed by atoms with Gasteiger partial charge in [-0.3, -0.25) is 14.4 Å². The van der Waals surface area contributed by atoms with Gasteiger partial charge in [-0.25, -0.2) is 0 Å². The molecule has 7 nitrogen and oxygen atoms in total. The van der Waals surface area contributed by atoms with Crippen molar-refractivity contribution < 1.29 is 24.2 Å². The highest BCUT2D eigenvalue weighted by atomic mass is 32.2. The summed E-state index contributed by atoms with van der Waals surface area (Å²) >= 11 is 1.50. The minimum atomic E-state index is -0.974. The molecule has 6 rings (SSSR count). The number of nitrogens with zero attached hydrogens (tertiary/aromatic N) is 2. The van der Waals surface area contributed by atoms with E-state index < -0.39 is 34.6 Å². The van der Waals surface area contributed by atoms with Crippen molar-refractivity contribution >= 4 is 35.2 Å². The normalized spacial score (nSPS) is 30.9. The lowest BCUT2D eigenvalue weighted by molar-refractivity contribution is -0.152. The highest BCUT2D eigenvalue weighted by Crippen LogP contribution is 2.62. The number of amides is 2. The molecule has 2 fully saturated rings. The lowest BCUT2D eigenvalue weighted by atomic mass is 9.78. The zero-order chi connectivity index (χ0) is 26.6. The van der Waals surface area contributed by atoms with Gasteiger partial charge >= 0.3 is 5.97 Å². The summed E-state index contributed by atoms with van der Waals surface area (Å²) in [5.41, 5.74) is 3.50. The number of cyclic esters (lactones) is 1. The van der Waals surface area contributed by atoms with Crippen molar-refractivity contribution in [3.8, 4) is 0 Å². The molecule has 0 saturated carbocycles. The van der Waals surface area contributed by atoms with Gasteiger partial charge in [-0.05, 0) is 30.5 Å². The highest BCUT2D eigenvalue weighted by Gasteiger charge is 2.72. The molecule has 8 heteroatoms. The Kier molecular flexibility index (Phi) is 6.19. The van der Waals surface area contributed by atoms with Gasteiger partial charge in [0.15, 0.2) is 0 Å². The summed E-state index contributed by atoms with van der Waals surface area (Å²) in [4.78, 5) is 45.6. The summed E-state index contributed by atoms with van der Waals surface area (Å²) < 4.78 is 4.48. The van der Waals surface area contributed by atoms with Crippen molar-refractivity contribution in [1.29, 1.82) is 0 Å². The Morgan fingerprint density at radius 3 is 2.47 bits per heavy atom. The largest absolute Gasteiger partial charge is 0.461 e. The summed E-state index contributed by atoms with van der Waals surface area (Å²) in [6, 6.07) is 13.6. The number of anilines is 1. The third-order valence-corrected chi connectivity index (χ3v) is 10.00. The number of aliphatic hydroxyl groups is 1. The van der Waals surface area contributed by atoms with E-state index in [1.807, 2.05) is 86.7 Å². The van der Waals surface area contributed by atoms with Gasteiger partial charge in [-0.15, -0.1) is 11.8 Å². The number of hydrogen-bond donors (Lipinski definition) is 1. The zero-order valence-electron chi connectivity index (χ0n) is 21.3. The Morgan fingerprint density at radius 2 is 1.76 bits per heavy atom. The van der Waals surface area contributed by atoms with Crippen LogP contribution >= 0.6 is 11.8 Å². The van der Waals surface area contributed by atoms with Crippen LogP contribution in [0.1, 0.15) is 22.7 Å². The average Bonchev–Trinajstić information content (AvgIpc) is 3.21. The first-order valence-corrected chi connectivity index (χ1v) is 13.8. The lowest BCUT2D eigenvalue weighted by Gasteiger charge is -2.39. The Hall–Kier alpha value is -3.36. The topological polar surface area (TPSA) is 87.2 Å². The molecule has 2 aromatic carbocycles. The van der Waals surface area contributed by atoms with E-state index in [1.54, 1.807) is 9.80 Å². The molecule has 4 heterocycles. The van der Waals surface area contributed by atoms with E-state index in [-0.39, 0.29) is 30.3 Å². The number of para-hydroxylation sites is 1. The monoisotopic (exact) mass is 530 g/mol. The van der Waals surface area contributed by atoms with E-state index in [2.05, 4.69) is 0 Å². The summed E-state index contributed by atoms with van der Waals surface area (Å²) in [5, 5.41) is 10.3. The van der Waals surface area contributed by atoms with E-state index in [0.29, 0.717) is 6.54 Å². The molecular weight excluding hydrogens is 500 g/mol. The van der Waals surface area contributed by atoms with Crippen LogP contribution in [0.15, 0.2) is 72.8 Å². The zero-order valence-corrected chi connectivity index (χ0v) is 22.1.